The Hall–Kier alpha value is -1.31. The van der Waals surface area contributed by atoms with E-state index in [0.29, 0.717) is 0 Å². The lowest BCUT2D eigenvalue weighted by Gasteiger charge is -2.10. The van der Waals surface area contributed by atoms with Gasteiger partial charge < -0.3 is 4.90 Å². The molecule has 0 amide bonds. The van der Waals surface area contributed by atoms with Gasteiger partial charge in [-0.05, 0) is 18.9 Å². The summed E-state index contributed by atoms with van der Waals surface area (Å²) in [6.07, 6.45) is 1.02. The molecule has 1 aromatic carbocycles. The van der Waals surface area contributed by atoms with Crippen LogP contribution in [-0.2, 0) is 6.42 Å². The summed E-state index contributed by atoms with van der Waals surface area (Å²) in [5.41, 5.74) is 1.35. The first-order valence-electron chi connectivity index (χ1n) is 4.92. The molecule has 0 heterocycles. The highest BCUT2D eigenvalue weighted by atomic mass is 15.1. The smallest absolute Gasteiger partial charge is 0.0952 e. The minimum absolute atomic E-state index is 0.869. The Morgan fingerprint density at radius 1 is 1.21 bits per heavy atom. The summed E-state index contributed by atoms with van der Waals surface area (Å²) >= 11 is 0. The van der Waals surface area contributed by atoms with E-state index in [0.717, 1.165) is 18.8 Å². The highest BCUT2D eigenvalue weighted by molar-refractivity contribution is 5.79. The maximum atomic E-state index is 4.46. The summed E-state index contributed by atoms with van der Waals surface area (Å²) in [6.45, 7) is 2.90. The molecule has 0 aliphatic rings. The van der Waals surface area contributed by atoms with Crippen LogP contribution in [0.25, 0.3) is 0 Å². The van der Waals surface area contributed by atoms with Gasteiger partial charge in [0, 0.05) is 20.6 Å². The number of hydrogen-bond donors (Lipinski definition) is 0. The Balaban J connectivity index is 2.39. The third kappa shape index (κ3) is 3.60. The second-order valence-corrected chi connectivity index (χ2v) is 3.56. The Bertz CT molecular complexity index is 288. The van der Waals surface area contributed by atoms with Crippen LogP contribution in [0.15, 0.2) is 35.3 Å². The molecule has 0 N–H and O–H groups in total. The first-order valence-corrected chi connectivity index (χ1v) is 4.92. The van der Waals surface area contributed by atoms with Crippen molar-refractivity contribution in [3.8, 4) is 0 Å². The lowest BCUT2D eigenvalue weighted by molar-refractivity contribution is 0.613. The predicted octanol–water partition coefficient (Wildman–Crippen LogP) is 2.21. The molecule has 0 saturated heterocycles. The van der Waals surface area contributed by atoms with Gasteiger partial charge in [-0.15, -0.1) is 0 Å². The minimum Gasteiger partial charge on any atom is -0.367 e. The van der Waals surface area contributed by atoms with Gasteiger partial charge in [0.05, 0.1) is 5.84 Å². The molecule has 14 heavy (non-hydrogen) atoms. The van der Waals surface area contributed by atoms with E-state index in [1.165, 1.54) is 5.56 Å². The van der Waals surface area contributed by atoms with E-state index < -0.39 is 0 Å². The van der Waals surface area contributed by atoms with Crippen molar-refractivity contribution in [2.45, 2.75) is 13.3 Å². The number of rotatable bonds is 3. The SMILES string of the molecule is CC(=NCCc1ccccc1)N(C)C. The molecule has 0 fully saturated rings. The topological polar surface area (TPSA) is 15.6 Å². The van der Waals surface area contributed by atoms with Crippen molar-refractivity contribution in [2.24, 2.45) is 4.99 Å². The van der Waals surface area contributed by atoms with Crippen molar-refractivity contribution in [3.63, 3.8) is 0 Å². The first-order chi connectivity index (χ1) is 6.70. The van der Waals surface area contributed by atoms with Gasteiger partial charge in [-0.25, -0.2) is 0 Å². The lowest BCUT2D eigenvalue weighted by Crippen LogP contribution is -2.18. The van der Waals surface area contributed by atoms with Gasteiger partial charge in [0.25, 0.3) is 0 Å². The zero-order valence-electron chi connectivity index (χ0n) is 9.20. The van der Waals surface area contributed by atoms with E-state index in [4.69, 9.17) is 0 Å². The van der Waals surface area contributed by atoms with Gasteiger partial charge in [-0.1, -0.05) is 30.3 Å². The molecule has 0 aliphatic heterocycles. The highest BCUT2D eigenvalue weighted by Gasteiger charge is 1.93. The van der Waals surface area contributed by atoms with Gasteiger partial charge in [-0.2, -0.15) is 0 Å². The van der Waals surface area contributed by atoms with Crippen LogP contribution in [0.2, 0.25) is 0 Å². The Morgan fingerprint density at radius 3 is 2.43 bits per heavy atom. The molecule has 0 spiro atoms. The fourth-order valence-electron chi connectivity index (χ4n) is 1.13. The summed E-state index contributed by atoms with van der Waals surface area (Å²) in [5, 5.41) is 0. The number of hydrogen-bond acceptors (Lipinski definition) is 1. The third-order valence-corrected chi connectivity index (χ3v) is 2.23. The molecular weight excluding hydrogens is 172 g/mol. The molecule has 2 heteroatoms. The summed E-state index contributed by atoms with van der Waals surface area (Å²) in [4.78, 5) is 6.49. The van der Waals surface area contributed by atoms with Gasteiger partial charge in [-0.3, -0.25) is 4.99 Å². The third-order valence-electron chi connectivity index (χ3n) is 2.23. The van der Waals surface area contributed by atoms with Crippen molar-refractivity contribution in [1.29, 1.82) is 0 Å². The molecule has 0 aromatic heterocycles. The van der Waals surface area contributed by atoms with Crippen molar-refractivity contribution in [3.05, 3.63) is 35.9 Å². The van der Waals surface area contributed by atoms with Gasteiger partial charge in [0.2, 0.25) is 0 Å². The van der Waals surface area contributed by atoms with Gasteiger partial charge in [0.15, 0.2) is 0 Å². The van der Waals surface area contributed by atoms with Gasteiger partial charge >= 0.3 is 0 Å². The van der Waals surface area contributed by atoms with Crippen LogP contribution in [0.1, 0.15) is 12.5 Å². The number of amidine groups is 1. The van der Waals surface area contributed by atoms with Gasteiger partial charge in [0.1, 0.15) is 0 Å². The number of nitrogens with zero attached hydrogens (tertiary/aromatic N) is 2. The largest absolute Gasteiger partial charge is 0.367 e. The molecular formula is C12H18N2. The number of benzene rings is 1. The van der Waals surface area contributed by atoms with Crippen LogP contribution in [0.4, 0.5) is 0 Å². The molecule has 1 aromatic rings. The minimum atomic E-state index is 0.869. The molecule has 0 unspecified atom stereocenters. The Labute approximate surface area is 86.3 Å². The zero-order chi connectivity index (χ0) is 10.4. The second kappa shape index (κ2) is 5.43. The summed E-state index contributed by atoms with van der Waals surface area (Å²) in [5.74, 6) is 1.08. The van der Waals surface area contributed by atoms with Crippen LogP contribution in [-0.4, -0.2) is 31.4 Å². The normalized spacial score (nSPS) is 11.5. The first kappa shape index (κ1) is 10.8. The van der Waals surface area contributed by atoms with Crippen molar-refractivity contribution < 1.29 is 0 Å². The Morgan fingerprint density at radius 2 is 1.86 bits per heavy atom. The summed E-state index contributed by atoms with van der Waals surface area (Å²) < 4.78 is 0. The molecule has 0 saturated carbocycles. The van der Waals surface area contributed by atoms with E-state index >= 15 is 0 Å². The maximum absolute atomic E-state index is 4.46. The van der Waals surface area contributed by atoms with E-state index in [1.807, 2.05) is 32.0 Å². The van der Waals surface area contributed by atoms with E-state index in [1.54, 1.807) is 0 Å². The Kier molecular flexibility index (Phi) is 4.17. The maximum Gasteiger partial charge on any atom is 0.0952 e. The monoisotopic (exact) mass is 190 g/mol. The van der Waals surface area contributed by atoms with E-state index in [9.17, 15) is 0 Å². The average molecular weight is 190 g/mol. The van der Waals surface area contributed by atoms with E-state index in [2.05, 4.69) is 29.3 Å². The van der Waals surface area contributed by atoms with E-state index in [-0.39, 0.29) is 0 Å². The predicted molar refractivity (Wildman–Crippen MR) is 61.8 cm³/mol. The van der Waals surface area contributed by atoms with Crippen molar-refractivity contribution in [1.82, 2.24) is 4.90 Å². The fraction of sp³-hybridized carbons (Fsp3) is 0.417. The highest BCUT2D eigenvalue weighted by Crippen LogP contribution is 1.99. The average Bonchev–Trinajstić information content (AvgIpc) is 2.19. The van der Waals surface area contributed by atoms with Crippen LogP contribution in [0.3, 0.4) is 0 Å². The quantitative estimate of drug-likeness (QED) is 0.527. The van der Waals surface area contributed by atoms with Crippen LogP contribution < -0.4 is 0 Å². The fourth-order valence-corrected chi connectivity index (χ4v) is 1.13. The van der Waals surface area contributed by atoms with Crippen molar-refractivity contribution in [2.75, 3.05) is 20.6 Å². The summed E-state index contributed by atoms with van der Waals surface area (Å²) in [6, 6.07) is 10.5. The van der Waals surface area contributed by atoms with Crippen LogP contribution in [0, 0.1) is 0 Å². The molecule has 0 radical (unpaired) electrons. The molecule has 0 bridgehead atoms. The molecule has 1 rings (SSSR count). The lowest BCUT2D eigenvalue weighted by atomic mass is 10.2. The zero-order valence-corrected chi connectivity index (χ0v) is 9.20. The molecule has 2 nitrogen and oxygen atoms in total. The van der Waals surface area contributed by atoms with Crippen molar-refractivity contribution >= 4 is 5.84 Å². The molecule has 0 aliphatic carbocycles. The molecule has 0 atom stereocenters. The second-order valence-electron chi connectivity index (χ2n) is 3.56. The van der Waals surface area contributed by atoms with Crippen LogP contribution >= 0.6 is 0 Å². The molecule has 76 valence electrons. The standard InChI is InChI=1S/C12H18N2/c1-11(14(2)3)13-10-9-12-7-5-4-6-8-12/h4-8H,9-10H2,1-3H3. The number of aliphatic imine (C=N–C) groups is 1. The summed E-state index contributed by atoms with van der Waals surface area (Å²) in [7, 11) is 4.03. The van der Waals surface area contributed by atoms with Crippen LogP contribution in [0.5, 0.6) is 0 Å².